The van der Waals surface area contributed by atoms with Crippen LogP contribution in [0.3, 0.4) is 0 Å². The first kappa shape index (κ1) is 9.54. The SMILES string of the molecule is O=C(Br)c1cncc(C(=O)Br)c1. The molecular formula is C7H3Br2NO2. The molecule has 0 aliphatic carbocycles. The lowest BCUT2D eigenvalue weighted by Crippen LogP contribution is -1.95. The number of pyridine rings is 1. The standard InChI is InChI=1S/C7H3Br2NO2/c8-6(11)4-1-5(7(9)12)3-10-2-4/h1-3H. The van der Waals surface area contributed by atoms with Crippen molar-refractivity contribution in [1.82, 2.24) is 4.98 Å². The quantitative estimate of drug-likeness (QED) is 0.785. The lowest BCUT2D eigenvalue weighted by Gasteiger charge is -1.94. The van der Waals surface area contributed by atoms with Gasteiger partial charge in [0.1, 0.15) is 0 Å². The summed E-state index contributed by atoms with van der Waals surface area (Å²) in [7, 11) is 0. The molecule has 0 atom stereocenters. The van der Waals surface area contributed by atoms with Crippen LogP contribution < -0.4 is 0 Å². The van der Waals surface area contributed by atoms with E-state index in [2.05, 4.69) is 36.8 Å². The number of carbonyl (C=O) groups is 2. The summed E-state index contributed by atoms with van der Waals surface area (Å²) >= 11 is 5.52. The Balaban J connectivity index is 3.12. The van der Waals surface area contributed by atoms with Gasteiger partial charge in [-0.25, -0.2) is 0 Å². The van der Waals surface area contributed by atoms with E-state index in [1.807, 2.05) is 0 Å². The molecule has 0 radical (unpaired) electrons. The summed E-state index contributed by atoms with van der Waals surface area (Å²) in [6.07, 6.45) is 2.77. The van der Waals surface area contributed by atoms with Gasteiger partial charge in [0.2, 0.25) is 9.39 Å². The zero-order chi connectivity index (χ0) is 9.14. The number of aromatic nitrogens is 1. The normalized spacial score (nSPS) is 9.50. The Morgan fingerprint density at radius 2 is 1.50 bits per heavy atom. The summed E-state index contributed by atoms with van der Waals surface area (Å²) in [5.41, 5.74) is 0.723. The third-order valence-electron chi connectivity index (χ3n) is 1.19. The van der Waals surface area contributed by atoms with Crippen molar-refractivity contribution in [2.75, 3.05) is 0 Å². The van der Waals surface area contributed by atoms with E-state index in [4.69, 9.17) is 0 Å². The smallest absolute Gasteiger partial charge is 0.229 e. The molecule has 0 unspecified atom stereocenters. The summed E-state index contributed by atoms with van der Waals surface area (Å²) in [6, 6.07) is 1.46. The Morgan fingerprint density at radius 3 is 1.83 bits per heavy atom. The van der Waals surface area contributed by atoms with E-state index >= 15 is 0 Å². The number of nitrogens with zero attached hydrogens (tertiary/aromatic N) is 1. The van der Waals surface area contributed by atoms with Crippen molar-refractivity contribution in [3.8, 4) is 0 Å². The van der Waals surface area contributed by atoms with Crippen molar-refractivity contribution in [1.29, 1.82) is 0 Å². The van der Waals surface area contributed by atoms with Gasteiger partial charge in [0.25, 0.3) is 0 Å². The molecule has 0 aliphatic heterocycles. The third-order valence-corrected chi connectivity index (χ3v) is 2.11. The van der Waals surface area contributed by atoms with Gasteiger partial charge in [0, 0.05) is 23.5 Å². The molecule has 0 aliphatic rings. The molecule has 0 amide bonds. The van der Waals surface area contributed by atoms with Crippen LogP contribution in [0.25, 0.3) is 0 Å². The van der Waals surface area contributed by atoms with Gasteiger partial charge in [-0.3, -0.25) is 14.6 Å². The summed E-state index contributed by atoms with van der Waals surface area (Å²) in [5, 5.41) is 0. The highest BCUT2D eigenvalue weighted by molar-refractivity contribution is 9.18. The molecule has 5 heteroatoms. The average Bonchev–Trinajstić information content (AvgIpc) is 2.04. The van der Waals surface area contributed by atoms with Gasteiger partial charge < -0.3 is 0 Å². The van der Waals surface area contributed by atoms with E-state index in [0.717, 1.165) is 0 Å². The van der Waals surface area contributed by atoms with Gasteiger partial charge in [-0.1, -0.05) is 0 Å². The van der Waals surface area contributed by atoms with Crippen molar-refractivity contribution in [2.45, 2.75) is 0 Å². The van der Waals surface area contributed by atoms with Gasteiger partial charge >= 0.3 is 0 Å². The summed E-state index contributed by atoms with van der Waals surface area (Å²) < 4.78 is -0.573. The largest absolute Gasteiger partial charge is 0.281 e. The first-order chi connectivity index (χ1) is 5.61. The maximum absolute atomic E-state index is 10.8. The number of halogens is 2. The molecule has 0 bridgehead atoms. The van der Waals surface area contributed by atoms with Crippen molar-refractivity contribution in [2.24, 2.45) is 0 Å². The van der Waals surface area contributed by atoms with Crippen LogP contribution in [-0.2, 0) is 0 Å². The Hall–Kier alpha value is -0.550. The van der Waals surface area contributed by atoms with Gasteiger partial charge in [0.15, 0.2) is 0 Å². The second-order valence-electron chi connectivity index (χ2n) is 2.01. The molecule has 62 valence electrons. The Bertz CT molecular complexity index is 309. The van der Waals surface area contributed by atoms with Crippen LogP contribution in [0.2, 0.25) is 0 Å². The fraction of sp³-hybridized carbons (Fsp3) is 0. The summed E-state index contributed by atoms with van der Waals surface area (Å²) in [5.74, 6) is 0. The van der Waals surface area contributed by atoms with E-state index in [1.54, 1.807) is 0 Å². The first-order valence-corrected chi connectivity index (χ1v) is 4.54. The average molecular weight is 293 g/mol. The summed E-state index contributed by atoms with van der Waals surface area (Å²) in [6.45, 7) is 0. The number of rotatable bonds is 2. The Kier molecular flexibility index (Phi) is 3.11. The van der Waals surface area contributed by atoms with Crippen molar-refractivity contribution >= 4 is 41.2 Å². The second-order valence-corrected chi connectivity index (χ2v) is 3.45. The molecule has 0 spiro atoms. The Labute approximate surface area is 85.4 Å². The third kappa shape index (κ3) is 2.22. The lowest BCUT2D eigenvalue weighted by molar-refractivity contribution is 0.109. The maximum Gasteiger partial charge on any atom is 0.229 e. The van der Waals surface area contributed by atoms with Gasteiger partial charge in [0.05, 0.1) is 0 Å². The van der Waals surface area contributed by atoms with Gasteiger partial charge in [-0.05, 0) is 37.9 Å². The Morgan fingerprint density at radius 1 is 1.08 bits per heavy atom. The van der Waals surface area contributed by atoms with Crippen LogP contribution in [0.4, 0.5) is 0 Å². The molecule has 1 aromatic heterocycles. The second kappa shape index (κ2) is 3.91. The molecule has 0 fully saturated rings. The fourth-order valence-corrected chi connectivity index (χ4v) is 1.09. The van der Waals surface area contributed by atoms with Crippen LogP contribution in [0.5, 0.6) is 0 Å². The monoisotopic (exact) mass is 291 g/mol. The zero-order valence-electron chi connectivity index (χ0n) is 5.75. The van der Waals surface area contributed by atoms with Crippen LogP contribution in [0.1, 0.15) is 20.7 Å². The number of carbonyl (C=O) groups excluding carboxylic acids is 2. The highest BCUT2D eigenvalue weighted by Crippen LogP contribution is 2.09. The molecule has 1 aromatic rings. The highest BCUT2D eigenvalue weighted by atomic mass is 79.9. The van der Waals surface area contributed by atoms with Crippen LogP contribution >= 0.6 is 31.9 Å². The molecular weight excluding hydrogens is 290 g/mol. The van der Waals surface area contributed by atoms with Crippen molar-refractivity contribution in [3.05, 3.63) is 29.6 Å². The molecule has 0 saturated heterocycles. The molecule has 12 heavy (non-hydrogen) atoms. The van der Waals surface area contributed by atoms with Gasteiger partial charge in [-0.15, -0.1) is 0 Å². The molecule has 0 N–H and O–H groups in total. The van der Waals surface area contributed by atoms with E-state index < -0.39 is 0 Å². The van der Waals surface area contributed by atoms with Crippen LogP contribution in [0, 0.1) is 0 Å². The van der Waals surface area contributed by atoms with E-state index in [1.165, 1.54) is 18.5 Å². The fourth-order valence-electron chi connectivity index (χ4n) is 0.655. The van der Waals surface area contributed by atoms with Gasteiger partial charge in [-0.2, -0.15) is 0 Å². The topological polar surface area (TPSA) is 47.0 Å². The molecule has 1 rings (SSSR count). The highest BCUT2D eigenvalue weighted by Gasteiger charge is 2.06. The maximum atomic E-state index is 10.8. The van der Waals surface area contributed by atoms with E-state index in [9.17, 15) is 9.59 Å². The molecule has 0 aromatic carbocycles. The predicted molar refractivity (Wildman–Crippen MR) is 50.8 cm³/mol. The van der Waals surface area contributed by atoms with Crippen molar-refractivity contribution < 1.29 is 9.59 Å². The van der Waals surface area contributed by atoms with E-state index in [0.29, 0.717) is 11.1 Å². The number of hydrogen-bond donors (Lipinski definition) is 0. The van der Waals surface area contributed by atoms with Crippen LogP contribution in [-0.4, -0.2) is 14.4 Å². The molecule has 1 heterocycles. The first-order valence-electron chi connectivity index (χ1n) is 2.96. The summed E-state index contributed by atoms with van der Waals surface area (Å²) in [4.78, 5) is 25.3. The lowest BCUT2D eigenvalue weighted by atomic mass is 10.2. The minimum atomic E-state index is -0.286. The minimum Gasteiger partial charge on any atom is -0.281 e. The molecule has 0 saturated carbocycles. The molecule has 3 nitrogen and oxygen atoms in total. The number of hydrogen-bond acceptors (Lipinski definition) is 3. The predicted octanol–water partition coefficient (Wildman–Crippen LogP) is 2.15. The minimum absolute atomic E-state index is 0.286. The zero-order valence-corrected chi connectivity index (χ0v) is 8.92. The van der Waals surface area contributed by atoms with Crippen LogP contribution in [0.15, 0.2) is 18.5 Å². The van der Waals surface area contributed by atoms with Crippen molar-refractivity contribution in [3.63, 3.8) is 0 Å². The van der Waals surface area contributed by atoms with E-state index in [-0.39, 0.29) is 9.39 Å².